The van der Waals surface area contributed by atoms with Crippen molar-refractivity contribution in [2.24, 2.45) is 0 Å². The molecule has 0 aromatic heterocycles. The quantitative estimate of drug-likeness (QED) is 0.364. The van der Waals surface area contributed by atoms with E-state index in [2.05, 4.69) is 16.0 Å². The van der Waals surface area contributed by atoms with Gasteiger partial charge in [0.15, 0.2) is 0 Å². The first-order valence-electron chi connectivity index (χ1n) is 4.62. The zero-order chi connectivity index (χ0) is 11.1. The smallest absolute Gasteiger partial charge is 0.324 e. The van der Waals surface area contributed by atoms with Crippen molar-refractivity contribution in [1.29, 1.82) is 0 Å². The predicted octanol–water partition coefficient (Wildman–Crippen LogP) is -2.03. The summed E-state index contributed by atoms with van der Waals surface area (Å²) in [5.41, 5.74) is -0.849. The van der Waals surface area contributed by atoms with Gasteiger partial charge in [0, 0.05) is 20.0 Å². The van der Waals surface area contributed by atoms with Crippen molar-refractivity contribution in [3.63, 3.8) is 0 Å². The number of carbonyl (C=O) groups is 3. The Morgan fingerprint density at radius 3 is 2.87 bits per heavy atom. The molecule has 3 N–H and O–H groups in total. The first-order valence-corrected chi connectivity index (χ1v) is 4.62. The van der Waals surface area contributed by atoms with Crippen molar-refractivity contribution in [1.82, 2.24) is 20.9 Å². The first-order chi connectivity index (χ1) is 7.10. The van der Waals surface area contributed by atoms with Crippen molar-refractivity contribution in [3.8, 4) is 0 Å². The van der Waals surface area contributed by atoms with E-state index in [9.17, 15) is 14.4 Å². The van der Waals surface area contributed by atoms with Crippen molar-refractivity contribution < 1.29 is 14.4 Å². The molecule has 2 atom stereocenters. The Morgan fingerprint density at radius 2 is 2.33 bits per heavy atom. The van der Waals surface area contributed by atoms with Crippen LogP contribution in [-0.4, -0.2) is 48.5 Å². The highest BCUT2D eigenvalue weighted by atomic mass is 16.2. The Labute approximate surface area is 86.2 Å². The molecule has 2 aliphatic heterocycles. The summed E-state index contributed by atoms with van der Waals surface area (Å²) < 4.78 is 0. The highest BCUT2D eigenvalue weighted by Gasteiger charge is 2.55. The van der Waals surface area contributed by atoms with Crippen LogP contribution in [0.4, 0.5) is 4.79 Å². The minimum atomic E-state index is -0.849. The summed E-state index contributed by atoms with van der Waals surface area (Å²) >= 11 is 0. The van der Waals surface area contributed by atoms with Gasteiger partial charge in [-0.1, -0.05) is 0 Å². The van der Waals surface area contributed by atoms with Gasteiger partial charge in [0.1, 0.15) is 5.54 Å². The number of hydrogen-bond acceptors (Lipinski definition) is 4. The lowest BCUT2D eigenvalue weighted by Gasteiger charge is -2.26. The van der Waals surface area contributed by atoms with Crippen LogP contribution in [0.15, 0.2) is 0 Å². The molecule has 0 aliphatic carbocycles. The van der Waals surface area contributed by atoms with Gasteiger partial charge in [-0.25, -0.2) is 4.79 Å². The van der Waals surface area contributed by atoms with Crippen LogP contribution in [0.25, 0.3) is 0 Å². The van der Waals surface area contributed by atoms with Gasteiger partial charge in [-0.05, 0) is 0 Å². The van der Waals surface area contributed by atoms with Crippen LogP contribution in [0.5, 0.6) is 0 Å². The summed E-state index contributed by atoms with van der Waals surface area (Å²) in [6.45, 7) is 0.354. The van der Waals surface area contributed by atoms with Gasteiger partial charge in [0.2, 0.25) is 6.41 Å². The second-order valence-electron chi connectivity index (χ2n) is 3.77. The Bertz CT molecular complexity index is 332. The molecule has 2 fully saturated rings. The monoisotopic (exact) mass is 212 g/mol. The lowest BCUT2D eigenvalue weighted by Crippen LogP contribution is -2.49. The van der Waals surface area contributed by atoms with E-state index in [1.54, 1.807) is 7.05 Å². The fraction of sp³-hybridized carbons (Fsp3) is 0.625. The number of nitrogens with one attached hydrogen (secondary N) is 3. The van der Waals surface area contributed by atoms with E-state index < -0.39 is 11.6 Å². The highest BCUT2D eigenvalue weighted by Crippen LogP contribution is 2.28. The summed E-state index contributed by atoms with van der Waals surface area (Å²) in [5, 5.41) is 7.77. The van der Waals surface area contributed by atoms with Crippen LogP contribution in [0.1, 0.15) is 6.42 Å². The number of amides is 4. The SMILES string of the molecule is CN1C(=O)NC(=O)[C@@]12CN[C@H](NC=O)C2. The molecule has 82 valence electrons. The third kappa shape index (κ3) is 1.27. The molecule has 0 radical (unpaired) electrons. The van der Waals surface area contributed by atoms with Crippen molar-refractivity contribution in [2.45, 2.75) is 18.1 Å². The van der Waals surface area contributed by atoms with Crippen LogP contribution in [0, 0.1) is 0 Å². The fourth-order valence-corrected chi connectivity index (χ4v) is 2.05. The van der Waals surface area contributed by atoms with Gasteiger partial charge < -0.3 is 10.2 Å². The lowest BCUT2D eigenvalue weighted by atomic mass is 9.97. The Balaban J connectivity index is 2.18. The molecule has 2 heterocycles. The lowest BCUT2D eigenvalue weighted by molar-refractivity contribution is -0.125. The summed E-state index contributed by atoms with van der Waals surface area (Å²) in [4.78, 5) is 34.6. The van der Waals surface area contributed by atoms with Gasteiger partial charge in [-0.3, -0.25) is 20.2 Å². The molecule has 7 nitrogen and oxygen atoms in total. The summed E-state index contributed by atoms with van der Waals surface area (Å²) in [7, 11) is 1.57. The molecule has 2 saturated heterocycles. The first kappa shape index (κ1) is 9.91. The van der Waals surface area contributed by atoms with E-state index in [0.29, 0.717) is 19.4 Å². The van der Waals surface area contributed by atoms with Crippen molar-refractivity contribution in [2.75, 3.05) is 13.6 Å². The Hall–Kier alpha value is -1.63. The van der Waals surface area contributed by atoms with Crippen molar-refractivity contribution in [3.05, 3.63) is 0 Å². The molecule has 7 heteroatoms. The Morgan fingerprint density at radius 1 is 1.60 bits per heavy atom. The van der Waals surface area contributed by atoms with Crippen LogP contribution >= 0.6 is 0 Å². The van der Waals surface area contributed by atoms with Crippen LogP contribution < -0.4 is 16.0 Å². The zero-order valence-corrected chi connectivity index (χ0v) is 8.24. The van der Waals surface area contributed by atoms with Crippen molar-refractivity contribution >= 4 is 18.3 Å². The summed E-state index contributed by atoms with van der Waals surface area (Å²) in [5.74, 6) is -0.308. The van der Waals surface area contributed by atoms with Crippen LogP contribution in [0.3, 0.4) is 0 Å². The van der Waals surface area contributed by atoms with E-state index in [-0.39, 0.29) is 12.1 Å². The van der Waals surface area contributed by atoms with Gasteiger partial charge in [-0.15, -0.1) is 0 Å². The fourth-order valence-electron chi connectivity index (χ4n) is 2.05. The largest absolute Gasteiger partial charge is 0.343 e. The van der Waals surface area contributed by atoms with E-state index in [1.807, 2.05) is 0 Å². The van der Waals surface area contributed by atoms with E-state index in [4.69, 9.17) is 0 Å². The molecule has 0 unspecified atom stereocenters. The number of carbonyl (C=O) groups excluding carboxylic acids is 3. The number of rotatable bonds is 2. The highest BCUT2D eigenvalue weighted by molar-refractivity contribution is 6.07. The molecule has 0 aromatic carbocycles. The number of urea groups is 1. The number of nitrogens with zero attached hydrogens (tertiary/aromatic N) is 1. The van der Waals surface area contributed by atoms with E-state index in [1.165, 1.54) is 4.90 Å². The van der Waals surface area contributed by atoms with Gasteiger partial charge >= 0.3 is 6.03 Å². The molecule has 0 bridgehead atoms. The topological polar surface area (TPSA) is 90.5 Å². The second-order valence-corrected chi connectivity index (χ2v) is 3.77. The average Bonchev–Trinajstić information content (AvgIpc) is 2.69. The van der Waals surface area contributed by atoms with Crippen LogP contribution in [-0.2, 0) is 9.59 Å². The minimum Gasteiger partial charge on any atom is -0.343 e. The molecule has 1 spiro atoms. The average molecular weight is 212 g/mol. The third-order valence-electron chi connectivity index (χ3n) is 3.04. The maximum absolute atomic E-state index is 11.6. The predicted molar refractivity (Wildman–Crippen MR) is 49.6 cm³/mol. The van der Waals surface area contributed by atoms with Gasteiger partial charge in [0.05, 0.1) is 6.17 Å². The zero-order valence-electron chi connectivity index (χ0n) is 8.24. The summed E-state index contributed by atoms with van der Waals surface area (Å²) in [6, 6.07) is -0.395. The molecule has 2 rings (SSSR count). The van der Waals surface area contributed by atoms with E-state index in [0.717, 1.165) is 0 Å². The number of imide groups is 1. The molecule has 15 heavy (non-hydrogen) atoms. The molecule has 0 saturated carbocycles. The van der Waals surface area contributed by atoms with E-state index >= 15 is 0 Å². The Kier molecular flexibility index (Phi) is 2.11. The molecular weight excluding hydrogens is 200 g/mol. The normalized spacial score (nSPS) is 34.7. The molecule has 4 amide bonds. The molecular formula is C8H12N4O3. The minimum absolute atomic E-state index is 0.262. The molecule has 0 aromatic rings. The standard InChI is InChI=1S/C8H12N4O3/c1-12-7(15)11-6(14)8(12)2-5(9-3-8)10-4-13/h4-5,9H,2-3H2,1H3,(H,10,13)(H,11,14,15)/t5-,8-/m1/s1. The maximum Gasteiger partial charge on any atom is 0.324 e. The number of likely N-dealkylation sites (N-methyl/N-ethyl adjacent to an activating group) is 1. The van der Waals surface area contributed by atoms with Gasteiger partial charge in [-0.2, -0.15) is 0 Å². The second kappa shape index (κ2) is 3.20. The van der Waals surface area contributed by atoms with Gasteiger partial charge in [0.25, 0.3) is 5.91 Å². The summed E-state index contributed by atoms with van der Waals surface area (Å²) in [6.07, 6.45) is 0.701. The molecule has 2 aliphatic rings. The third-order valence-corrected chi connectivity index (χ3v) is 3.04. The maximum atomic E-state index is 11.6. The van der Waals surface area contributed by atoms with Crippen LogP contribution in [0.2, 0.25) is 0 Å². The number of hydrogen-bond donors (Lipinski definition) is 3.